The van der Waals surface area contributed by atoms with Crippen LogP contribution in [0.1, 0.15) is 59.8 Å². The van der Waals surface area contributed by atoms with E-state index in [2.05, 4.69) is 45.2 Å². The number of carbonyl (C=O) groups excluding carboxylic acids is 1. The number of allylic oxidation sites excluding steroid dienone is 4. The summed E-state index contributed by atoms with van der Waals surface area (Å²) in [5.41, 5.74) is 2.78. The van der Waals surface area contributed by atoms with Crippen molar-refractivity contribution in [1.82, 2.24) is 5.32 Å². The predicted octanol–water partition coefficient (Wildman–Crippen LogP) is 3.98. The third kappa shape index (κ3) is 4.32. The van der Waals surface area contributed by atoms with Crippen LogP contribution >= 0.6 is 0 Å². The van der Waals surface area contributed by atoms with Crippen molar-refractivity contribution in [2.75, 3.05) is 0 Å². The molecule has 1 N–H and O–H groups in total. The Bertz CT molecular complexity index is 339. The van der Waals surface area contributed by atoms with Crippen molar-refractivity contribution >= 4 is 6.41 Å². The molecule has 0 saturated carbocycles. The third-order valence-corrected chi connectivity index (χ3v) is 4.14. The largest absolute Gasteiger partial charge is 0.353 e. The second kappa shape index (κ2) is 6.77. The highest BCUT2D eigenvalue weighted by Crippen LogP contribution is 2.34. The van der Waals surface area contributed by atoms with E-state index in [-0.39, 0.29) is 5.54 Å². The molecule has 1 amide bonds. The van der Waals surface area contributed by atoms with E-state index in [1.54, 1.807) is 0 Å². The van der Waals surface area contributed by atoms with Gasteiger partial charge >= 0.3 is 0 Å². The van der Waals surface area contributed by atoms with E-state index in [1.165, 1.54) is 24.0 Å². The van der Waals surface area contributed by atoms with Gasteiger partial charge in [-0.3, -0.25) is 4.79 Å². The van der Waals surface area contributed by atoms with Gasteiger partial charge in [0.2, 0.25) is 6.41 Å². The second-order valence-corrected chi connectivity index (χ2v) is 6.02. The maximum atomic E-state index is 10.9. The first kappa shape index (κ1) is 15.0. The highest BCUT2D eigenvalue weighted by atomic mass is 16.1. The van der Waals surface area contributed by atoms with Gasteiger partial charge in [0.15, 0.2) is 0 Å². The molecule has 0 bridgehead atoms. The van der Waals surface area contributed by atoms with Gasteiger partial charge in [-0.05, 0) is 65.7 Å². The maximum absolute atomic E-state index is 10.9. The van der Waals surface area contributed by atoms with Crippen LogP contribution in [-0.2, 0) is 4.79 Å². The van der Waals surface area contributed by atoms with Gasteiger partial charge in [-0.25, -0.2) is 0 Å². The third-order valence-electron chi connectivity index (χ3n) is 4.14. The molecule has 0 aliphatic heterocycles. The highest BCUT2D eigenvalue weighted by Gasteiger charge is 2.33. The fourth-order valence-electron chi connectivity index (χ4n) is 2.73. The van der Waals surface area contributed by atoms with Crippen LogP contribution in [0.25, 0.3) is 0 Å². The van der Waals surface area contributed by atoms with Crippen molar-refractivity contribution in [2.24, 2.45) is 5.92 Å². The number of nitrogens with one attached hydrogen (secondary N) is 1. The van der Waals surface area contributed by atoms with Crippen molar-refractivity contribution in [3.05, 3.63) is 23.3 Å². The zero-order valence-electron chi connectivity index (χ0n) is 12.3. The Morgan fingerprint density at radius 3 is 2.78 bits per heavy atom. The minimum absolute atomic E-state index is 0.0646. The van der Waals surface area contributed by atoms with E-state index in [4.69, 9.17) is 0 Å². The van der Waals surface area contributed by atoms with Crippen LogP contribution in [0.4, 0.5) is 0 Å². The fourth-order valence-corrected chi connectivity index (χ4v) is 2.73. The lowest BCUT2D eigenvalue weighted by molar-refractivity contribution is -0.111. The molecule has 2 nitrogen and oxygen atoms in total. The van der Waals surface area contributed by atoms with E-state index >= 15 is 0 Å². The van der Waals surface area contributed by atoms with E-state index in [0.29, 0.717) is 5.92 Å². The first-order valence-corrected chi connectivity index (χ1v) is 6.98. The molecule has 1 rings (SSSR count). The first-order valence-electron chi connectivity index (χ1n) is 6.98. The topological polar surface area (TPSA) is 29.1 Å². The molecule has 102 valence electrons. The summed E-state index contributed by atoms with van der Waals surface area (Å²) < 4.78 is 0. The SMILES string of the molecule is CC(C)=CCCC(C)(NC=O)C1CC=C(C)CC1. The molecule has 2 atom stereocenters. The monoisotopic (exact) mass is 249 g/mol. The van der Waals surface area contributed by atoms with Gasteiger partial charge in [0.1, 0.15) is 0 Å². The summed E-state index contributed by atoms with van der Waals surface area (Å²) >= 11 is 0. The lowest BCUT2D eigenvalue weighted by Gasteiger charge is -2.39. The molecule has 1 aliphatic rings. The van der Waals surface area contributed by atoms with Gasteiger partial charge in [-0.1, -0.05) is 23.3 Å². The van der Waals surface area contributed by atoms with Crippen molar-refractivity contribution in [1.29, 1.82) is 0 Å². The Morgan fingerprint density at radius 2 is 2.28 bits per heavy atom. The molecule has 0 aromatic carbocycles. The normalized spacial score (nSPS) is 22.7. The minimum Gasteiger partial charge on any atom is -0.353 e. The lowest BCUT2D eigenvalue weighted by Crippen LogP contribution is -2.48. The average Bonchev–Trinajstić information content (AvgIpc) is 2.29. The standard InChI is InChI=1S/C16H27NO/c1-13(2)6-5-11-16(4,17-12-18)15-9-7-14(3)8-10-15/h6-7,12,15H,5,8-11H2,1-4H3,(H,17,18). The molecular formula is C16H27NO. The molecule has 0 heterocycles. The Kier molecular flexibility index (Phi) is 5.64. The summed E-state index contributed by atoms with van der Waals surface area (Å²) in [6.07, 6.45) is 11.0. The smallest absolute Gasteiger partial charge is 0.207 e. The van der Waals surface area contributed by atoms with E-state index in [9.17, 15) is 4.79 Å². The van der Waals surface area contributed by atoms with Crippen molar-refractivity contribution in [2.45, 2.75) is 65.3 Å². The van der Waals surface area contributed by atoms with Crippen molar-refractivity contribution in [3.8, 4) is 0 Å². The minimum atomic E-state index is -0.0646. The molecule has 0 radical (unpaired) electrons. The average molecular weight is 249 g/mol. The Morgan fingerprint density at radius 1 is 1.56 bits per heavy atom. The van der Waals surface area contributed by atoms with Crippen LogP contribution < -0.4 is 5.32 Å². The molecule has 0 aromatic heterocycles. The second-order valence-electron chi connectivity index (χ2n) is 6.02. The molecule has 0 aromatic rings. The number of amides is 1. The van der Waals surface area contributed by atoms with Crippen LogP contribution in [0.5, 0.6) is 0 Å². The lowest BCUT2D eigenvalue weighted by atomic mass is 9.74. The van der Waals surface area contributed by atoms with Gasteiger partial charge < -0.3 is 5.32 Å². The Hall–Kier alpha value is -1.05. The van der Waals surface area contributed by atoms with Gasteiger partial charge in [0.25, 0.3) is 0 Å². The van der Waals surface area contributed by atoms with Crippen molar-refractivity contribution in [3.63, 3.8) is 0 Å². The zero-order chi connectivity index (χ0) is 13.6. The van der Waals surface area contributed by atoms with Crippen LogP contribution in [0.3, 0.4) is 0 Å². The van der Waals surface area contributed by atoms with Gasteiger partial charge in [-0.2, -0.15) is 0 Å². The number of hydrogen-bond acceptors (Lipinski definition) is 1. The summed E-state index contributed by atoms with van der Waals surface area (Å²) in [6.45, 7) is 8.64. The molecule has 1 aliphatic carbocycles. The van der Waals surface area contributed by atoms with E-state index in [1.807, 2.05) is 0 Å². The van der Waals surface area contributed by atoms with Crippen molar-refractivity contribution < 1.29 is 4.79 Å². The molecule has 0 fully saturated rings. The highest BCUT2D eigenvalue weighted by molar-refractivity contribution is 5.48. The summed E-state index contributed by atoms with van der Waals surface area (Å²) in [5, 5.41) is 3.08. The quantitative estimate of drug-likeness (QED) is 0.560. The number of rotatable bonds is 6. The number of hydrogen-bond donors (Lipinski definition) is 1. The summed E-state index contributed by atoms with van der Waals surface area (Å²) in [4.78, 5) is 10.9. The molecular weight excluding hydrogens is 222 g/mol. The summed E-state index contributed by atoms with van der Waals surface area (Å²) in [7, 11) is 0. The predicted molar refractivity (Wildman–Crippen MR) is 77.4 cm³/mol. The van der Waals surface area contributed by atoms with E-state index < -0.39 is 0 Å². The number of carbonyl (C=O) groups is 1. The Balaban J connectivity index is 2.67. The zero-order valence-corrected chi connectivity index (χ0v) is 12.3. The fraction of sp³-hybridized carbons (Fsp3) is 0.688. The van der Waals surface area contributed by atoms with Crippen LogP contribution in [0.15, 0.2) is 23.3 Å². The van der Waals surface area contributed by atoms with Crippen LogP contribution in [0.2, 0.25) is 0 Å². The molecule has 18 heavy (non-hydrogen) atoms. The Labute approximate surface area is 112 Å². The molecule has 0 saturated heterocycles. The molecule has 2 heteroatoms. The molecule has 0 spiro atoms. The summed E-state index contributed by atoms with van der Waals surface area (Å²) in [5.74, 6) is 0.567. The first-order chi connectivity index (χ1) is 8.48. The van der Waals surface area contributed by atoms with Gasteiger partial charge in [0.05, 0.1) is 0 Å². The van der Waals surface area contributed by atoms with Crippen LogP contribution in [0, 0.1) is 5.92 Å². The maximum Gasteiger partial charge on any atom is 0.207 e. The van der Waals surface area contributed by atoms with E-state index in [0.717, 1.165) is 25.7 Å². The molecule has 2 unspecified atom stereocenters. The summed E-state index contributed by atoms with van der Waals surface area (Å²) in [6, 6.07) is 0. The van der Waals surface area contributed by atoms with Gasteiger partial charge in [0, 0.05) is 5.54 Å². The van der Waals surface area contributed by atoms with Gasteiger partial charge in [-0.15, -0.1) is 0 Å². The van der Waals surface area contributed by atoms with Crippen LogP contribution in [-0.4, -0.2) is 11.9 Å².